The number of phenols is 1. The Kier molecular flexibility index (Phi) is 4.92. The Morgan fingerprint density at radius 1 is 1.32 bits per heavy atom. The smallest absolute Gasteiger partial charge is 0.326 e. The van der Waals surface area contributed by atoms with E-state index in [-0.39, 0.29) is 11.7 Å². The summed E-state index contributed by atoms with van der Waals surface area (Å²) in [6, 6.07) is 3.51. The largest absolute Gasteiger partial charge is 0.508 e. The number of rotatable bonds is 5. The van der Waals surface area contributed by atoms with Gasteiger partial charge in [-0.1, -0.05) is 13.8 Å². The zero-order chi connectivity index (χ0) is 14.6. The van der Waals surface area contributed by atoms with Gasteiger partial charge in [-0.15, -0.1) is 0 Å². The number of hydrogen-bond acceptors (Lipinski definition) is 3. The average Bonchev–Trinajstić information content (AvgIpc) is 2.31. The summed E-state index contributed by atoms with van der Waals surface area (Å²) in [5.74, 6) is -1.22. The van der Waals surface area contributed by atoms with Crippen LogP contribution in [0.3, 0.4) is 0 Å². The molecule has 104 valence electrons. The predicted molar refractivity (Wildman–Crippen MR) is 71.2 cm³/mol. The highest BCUT2D eigenvalue weighted by atomic mass is 16.4. The SMILES string of the molecule is Cc1cc(C(=O)NC(CC(C)C)C(=O)O)ccc1O. The van der Waals surface area contributed by atoms with Crippen LogP contribution in [-0.4, -0.2) is 28.1 Å². The molecule has 19 heavy (non-hydrogen) atoms. The zero-order valence-corrected chi connectivity index (χ0v) is 11.3. The molecule has 1 atom stereocenters. The molecular formula is C14H19NO4. The van der Waals surface area contributed by atoms with Crippen molar-refractivity contribution in [3.63, 3.8) is 0 Å². The Hall–Kier alpha value is -2.04. The molecule has 0 aromatic heterocycles. The lowest BCUT2D eigenvalue weighted by Crippen LogP contribution is -2.41. The lowest BCUT2D eigenvalue weighted by Gasteiger charge is -2.16. The number of aromatic hydroxyl groups is 1. The quantitative estimate of drug-likeness (QED) is 0.759. The summed E-state index contributed by atoms with van der Waals surface area (Å²) in [6.07, 6.45) is 0.373. The molecule has 0 heterocycles. The Labute approximate surface area is 112 Å². The van der Waals surface area contributed by atoms with E-state index >= 15 is 0 Å². The Bertz CT molecular complexity index is 482. The van der Waals surface area contributed by atoms with Gasteiger partial charge >= 0.3 is 5.97 Å². The summed E-state index contributed by atoms with van der Waals surface area (Å²) >= 11 is 0. The van der Waals surface area contributed by atoms with Gasteiger partial charge in [0.05, 0.1) is 0 Å². The second-order valence-corrected chi connectivity index (χ2v) is 5.00. The number of hydrogen-bond donors (Lipinski definition) is 3. The standard InChI is InChI=1S/C14H19NO4/c1-8(2)6-11(14(18)19)15-13(17)10-4-5-12(16)9(3)7-10/h4-5,7-8,11,16H,6H2,1-3H3,(H,15,17)(H,18,19). The van der Waals surface area contributed by atoms with Crippen molar-refractivity contribution in [3.8, 4) is 5.75 Å². The van der Waals surface area contributed by atoms with Crippen LogP contribution >= 0.6 is 0 Å². The number of carboxylic acids is 1. The topological polar surface area (TPSA) is 86.6 Å². The first-order valence-corrected chi connectivity index (χ1v) is 6.14. The van der Waals surface area contributed by atoms with Gasteiger partial charge in [0.25, 0.3) is 5.91 Å². The fourth-order valence-corrected chi connectivity index (χ4v) is 1.73. The molecule has 1 amide bonds. The molecule has 1 aromatic rings. The monoisotopic (exact) mass is 265 g/mol. The summed E-state index contributed by atoms with van der Waals surface area (Å²) in [5, 5.41) is 20.9. The maximum absolute atomic E-state index is 11.9. The molecule has 1 unspecified atom stereocenters. The number of nitrogens with one attached hydrogen (secondary N) is 1. The number of phenolic OH excluding ortho intramolecular Hbond substituents is 1. The third-order valence-electron chi connectivity index (χ3n) is 2.77. The van der Waals surface area contributed by atoms with E-state index in [1.807, 2.05) is 13.8 Å². The molecule has 0 spiro atoms. The van der Waals surface area contributed by atoms with Crippen molar-refractivity contribution in [3.05, 3.63) is 29.3 Å². The molecule has 5 nitrogen and oxygen atoms in total. The van der Waals surface area contributed by atoms with Crippen LogP contribution in [-0.2, 0) is 4.79 Å². The minimum absolute atomic E-state index is 0.105. The van der Waals surface area contributed by atoms with E-state index in [0.29, 0.717) is 17.5 Å². The average molecular weight is 265 g/mol. The highest BCUT2D eigenvalue weighted by Gasteiger charge is 2.21. The third-order valence-corrected chi connectivity index (χ3v) is 2.77. The van der Waals surface area contributed by atoms with E-state index in [1.165, 1.54) is 18.2 Å². The van der Waals surface area contributed by atoms with Crippen LogP contribution in [0.4, 0.5) is 0 Å². The van der Waals surface area contributed by atoms with Crippen molar-refractivity contribution in [2.45, 2.75) is 33.2 Å². The molecule has 0 fully saturated rings. The number of benzene rings is 1. The molecule has 1 aromatic carbocycles. The van der Waals surface area contributed by atoms with Crippen LogP contribution in [0.2, 0.25) is 0 Å². The molecule has 3 N–H and O–H groups in total. The van der Waals surface area contributed by atoms with Crippen LogP contribution in [0.25, 0.3) is 0 Å². The fraction of sp³-hybridized carbons (Fsp3) is 0.429. The summed E-state index contributed by atoms with van der Waals surface area (Å²) < 4.78 is 0. The lowest BCUT2D eigenvalue weighted by molar-refractivity contribution is -0.139. The van der Waals surface area contributed by atoms with Crippen LogP contribution in [0, 0.1) is 12.8 Å². The van der Waals surface area contributed by atoms with Gasteiger partial charge in [-0.05, 0) is 43.0 Å². The number of carbonyl (C=O) groups excluding carboxylic acids is 1. The Morgan fingerprint density at radius 2 is 1.95 bits per heavy atom. The molecule has 0 saturated carbocycles. The van der Waals surface area contributed by atoms with Gasteiger partial charge in [0.15, 0.2) is 0 Å². The lowest BCUT2D eigenvalue weighted by atomic mass is 10.0. The first-order chi connectivity index (χ1) is 8.81. The van der Waals surface area contributed by atoms with Crippen molar-refractivity contribution in [2.75, 3.05) is 0 Å². The highest BCUT2D eigenvalue weighted by molar-refractivity contribution is 5.96. The van der Waals surface area contributed by atoms with E-state index in [2.05, 4.69) is 5.32 Å². The van der Waals surface area contributed by atoms with E-state index in [0.717, 1.165) is 0 Å². The van der Waals surface area contributed by atoms with Crippen molar-refractivity contribution in [1.82, 2.24) is 5.32 Å². The minimum Gasteiger partial charge on any atom is -0.508 e. The van der Waals surface area contributed by atoms with Crippen LogP contribution in [0.1, 0.15) is 36.2 Å². The van der Waals surface area contributed by atoms with Crippen LogP contribution in [0.5, 0.6) is 5.75 Å². The van der Waals surface area contributed by atoms with Gasteiger partial charge in [-0.25, -0.2) is 4.79 Å². The third kappa shape index (κ3) is 4.28. The van der Waals surface area contributed by atoms with Crippen LogP contribution < -0.4 is 5.32 Å². The Balaban J connectivity index is 2.81. The number of amides is 1. The van der Waals surface area contributed by atoms with E-state index in [1.54, 1.807) is 6.92 Å². The van der Waals surface area contributed by atoms with Crippen molar-refractivity contribution in [2.24, 2.45) is 5.92 Å². The van der Waals surface area contributed by atoms with E-state index in [9.17, 15) is 14.7 Å². The van der Waals surface area contributed by atoms with E-state index in [4.69, 9.17) is 5.11 Å². The molecule has 5 heteroatoms. The second kappa shape index (κ2) is 6.22. The number of carboxylic acid groups (broad SMARTS) is 1. The first kappa shape index (κ1) is 15.0. The number of aryl methyl sites for hydroxylation is 1. The number of carbonyl (C=O) groups is 2. The van der Waals surface area contributed by atoms with Gasteiger partial charge in [-0.2, -0.15) is 0 Å². The van der Waals surface area contributed by atoms with Crippen molar-refractivity contribution >= 4 is 11.9 Å². The summed E-state index contributed by atoms with van der Waals surface area (Å²) in [4.78, 5) is 23.0. The van der Waals surface area contributed by atoms with Gasteiger partial charge in [-0.3, -0.25) is 4.79 Å². The van der Waals surface area contributed by atoms with Crippen molar-refractivity contribution in [1.29, 1.82) is 0 Å². The molecule has 0 aliphatic rings. The minimum atomic E-state index is -1.04. The second-order valence-electron chi connectivity index (χ2n) is 5.00. The maximum Gasteiger partial charge on any atom is 0.326 e. The predicted octanol–water partition coefficient (Wildman–Crippen LogP) is 1.93. The molecule has 0 aliphatic heterocycles. The molecule has 1 rings (SSSR count). The van der Waals surface area contributed by atoms with Gasteiger partial charge in [0.2, 0.25) is 0 Å². The van der Waals surface area contributed by atoms with E-state index < -0.39 is 17.9 Å². The zero-order valence-electron chi connectivity index (χ0n) is 11.3. The molecule has 0 saturated heterocycles. The fourth-order valence-electron chi connectivity index (χ4n) is 1.73. The van der Waals surface area contributed by atoms with Gasteiger partial charge in [0.1, 0.15) is 11.8 Å². The summed E-state index contributed by atoms with van der Waals surface area (Å²) in [6.45, 7) is 5.47. The summed E-state index contributed by atoms with van der Waals surface area (Å²) in [5.41, 5.74) is 0.911. The van der Waals surface area contributed by atoms with Gasteiger partial charge in [0, 0.05) is 5.56 Å². The number of aliphatic carboxylic acids is 1. The molecule has 0 bridgehead atoms. The first-order valence-electron chi connectivity index (χ1n) is 6.14. The normalized spacial score (nSPS) is 12.2. The van der Waals surface area contributed by atoms with Gasteiger partial charge < -0.3 is 15.5 Å². The maximum atomic E-state index is 11.9. The molecular weight excluding hydrogens is 246 g/mol. The highest BCUT2D eigenvalue weighted by Crippen LogP contribution is 2.17. The molecule has 0 radical (unpaired) electrons. The van der Waals surface area contributed by atoms with Crippen LogP contribution in [0.15, 0.2) is 18.2 Å². The Morgan fingerprint density at radius 3 is 2.42 bits per heavy atom. The molecule has 0 aliphatic carbocycles. The summed E-state index contributed by atoms with van der Waals surface area (Å²) in [7, 11) is 0. The van der Waals surface area contributed by atoms with Crippen molar-refractivity contribution < 1.29 is 19.8 Å².